The van der Waals surface area contributed by atoms with Crippen molar-refractivity contribution in [2.75, 3.05) is 13.1 Å². The van der Waals surface area contributed by atoms with Crippen molar-refractivity contribution >= 4 is 17.9 Å². The first-order valence-corrected chi connectivity index (χ1v) is 15.4. The predicted molar refractivity (Wildman–Crippen MR) is 167 cm³/mol. The molecule has 2 rings (SSSR count). The van der Waals surface area contributed by atoms with Gasteiger partial charge in [-0.3, -0.25) is 9.59 Å². The lowest BCUT2D eigenvalue weighted by Crippen LogP contribution is -2.54. The fourth-order valence-electron chi connectivity index (χ4n) is 4.77. The van der Waals surface area contributed by atoms with E-state index < -0.39 is 23.8 Å². The van der Waals surface area contributed by atoms with E-state index in [2.05, 4.69) is 24.5 Å². The fourth-order valence-corrected chi connectivity index (χ4v) is 4.77. The summed E-state index contributed by atoms with van der Waals surface area (Å²) in [7, 11) is 0. The zero-order valence-electron chi connectivity index (χ0n) is 26.4. The lowest BCUT2D eigenvalue weighted by atomic mass is 9.98. The maximum atomic E-state index is 14.5. The van der Waals surface area contributed by atoms with Gasteiger partial charge >= 0.3 is 6.09 Å². The summed E-state index contributed by atoms with van der Waals surface area (Å²) in [5, 5.41) is 15.6. The van der Waals surface area contributed by atoms with Gasteiger partial charge in [0.2, 0.25) is 11.8 Å². The van der Waals surface area contributed by atoms with Crippen molar-refractivity contribution < 1.29 is 24.2 Å². The van der Waals surface area contributed by atoms with Crippen LogP contribution in [0.2, 0.25) is 0 Å². The van der Waals surface area contributed by atoms with E-state index in [0.717, 1.165) is 61.6 Å². The molecule has 0 aliphatic heterocycles. The Kier molecular flexibility index (Phi) is 14.4. The summed E-state index contributed by atoms with van der Waals surface area (Å²) in [6.07, 6.45) is 6.14. The Labute approximate surface area is 252 Å². The number of alkyl carbamates (subject to hydrolysis) is 1. The van der Waals surface area contributed by atoms with Gasteiger partial charge < -0.3 is 25.4 Å². The van der Waals surface area contributed by atoms with Crippen LogP contribution in [0.4, 0.5) is 4.79 Å². The van der Waals surface area contributed by atoms with Crippen LogP contribution in [0.1, 0.15) is 102 Å². The van der Waals surface area contributed by atoms with Gasteiger partial charge in [0.1, 0.15) is 23.4 Å². The number of amides is 3. The molecule has 2 aromatic rings. The summed E-state index contributed by atoms with van der Waals surface area (Å²) in [4.78, 5) is 42.9. The number of nitrogens with zero attached hydrogens (tertiary/aromatic N) is 1. The van der Waals surface area contributed by atoms with Crippen molar-refractivity contribution in [2.24, 2.45) is 0 Å². The van der Waals surface area contributed by atoms with Gasteiger partial charge in [0.15, 0.2) is 0 Å². The van der Waals surface area contributed by atoms with Gasteiger partial charge in [-0.1, -0.05) is 87.9 Å². The van der Waals surface area contributed by atoms with Crippen molar-refractivity contribution in [2.45, 2.75) is 111 Å². The molecule has 8 heteroatoms. The molecule has 3 amide bonds. The van der Waals surface area contributed by atoms with Crippen LogP contribution in [0.3, 0.4) is 0 Å². The van der Waals surface area contributed by atoms with E-state index in [1.165, 1.54) is 0 Å². The van der Waals surface area contributed by atoms with Crippen molar-refractivity contribution in [1.82, 2.24) is 15.5 Å². The number of aromatic hydroxyl groups is 1. The van der Waals surface area contributed by atoms with Crippen LogP contribution in [0.15, 0.2) is 48.5 Å². The molecule has 0 fully saturated rings. The molecule has 2 atom stereocenters. The number of carbonyl (C=O) groups excluding carboxylic acids is 3. The lowest BCUT2D eigenvalue weighted by Gasteiger charge is -2.35. The van der Waals surface area contributed by atoms with E-state index >= 15 is 0 Å². The molecule has 0 aliphatic carbocycles. The molecular weight excluding hydrogens is 530 g/mol. The third kappa shape index (κ3) is 12.1. The molecule has 0 aliphatic rings. The summed E-state index contributed by atoms with van der Waals surface area (Å²) in [6, 6.07) is 12.4. The monoisotopic (exact) mass is 581 g/mol. The maximum absolute atomic E-state index is 14.5. The van der Waals surface area contributed by atoms with Crippen LogP contribution in [0.5, 0.6) is 5.75 Å². The highest BCUT2D eigenvalue weighted by Crippen LogP contribution is 2.25. The van der Waals surface area contributed by atoms with E-state index in [9.17, 15) is 19.5 Å². The van der Waals surface area contributed by atoms with Crippen LogP contribution < -0.4 is 10.6 Å². The number of hydrogen-bond acceptors (Lipinski definition) is 5. The average molecular weight is 582 g/mol. The van der Waals surface area contributed by atoms with Crippen molar-refractivity contribution in [3.05, 3.63) is 65.2 Å². The SMILES string of the molecule is CCCCCCCN(C(=O)C(Cc1ccc(O)cc1)NC(=O)OC(C)(C)C)C(C(=O)NCCCC)c1cccc(C)c1. The predicted octanol–water partition coefficient (Wildman–Crippen LogP) is 6.59. The zero-order valence-corrected chi connectivity index (χ0v) is 26.4. The molecule has 0 aromatic heterocycles. The largest absolute Gasteiger partial charge is 0.508 e. The number of aryl methyl sites for hydroxylation is 1. The number of unbranched alkanes of at least 4 members (excludes halogenated alkanes) is 5. The van der Waals surface area contributed by atoms with Crippen LogP contribution in [-0.4, -0.2) is 52.6 Å². The fraction of sp³-hybridized carbons (Fsp3) is 0.559. The molecule has 0 radical (unpaired) electrons. The molecule has 0 heterocycles. The first-order valence-electron chi connectivity index (χ1n) is 15.4. The molecular formula is C34H51N3O5. The van der Waals surface area contributed by atoms with Gasteiger partial charge in [-0.15, -0.1) is 0 Å². The van der Waals surface area contributed by atoms with Gasteiger partial charge in [-0.05, 0) is 63.8 Å². The minimum absolute atomic E-state index is 0.110. The van der Waals surface area contributed by atoms with Gasteiger partial charge in [-0.25, -0.2) is 4.79 Å². The normalized spacial score (nSPS) is 12.7. The Morgan fingerprint density at radius 2 is 1.60 bits per heavy atom. The summed E-state index contributed by atoms with van der Waals surface area (Å²) < 4.78 is 5.51. The minimum atomic E-state index is -0.990. The Bertz CT molecular complexity index is 1130. The molecule has 42 heavy (non-hydrogen) atoms. The van der Waals surface area contributed by atoms with Gasteiger partial charge in [0.25, 0.3) is 0 Å². The van der Waals surface area contributed by atoms with Crippen molar-refractivity contribution in [3.8, 4) is 5.75 Å². The number of rotatable bonds is 16. The van der Waals surface area contributed by atoms with E-state index in [-0.39, 0.29) is 24.0 Å². The molecule has 3 N–H and O–H groups in total. The number of hydrogen-bond donors (Lipinski definition) is 3. The highest BCUT2D eigenvalue weighted by molar-refractivity contribution is 5.92. The Balaban J connectivity index is 2.53. The molecule has 0 saturated carbocycles. The second-order valence-corrected chi connectivity index (χ2v) is 12.0. The Morgan fingerprint density at radius 1 is 0.929 bits per heavy atom. The first kappa shape index (κ1) is 34.7. The third-order valence-corrected chi connectivity index (χ3v) is 6.90. The maximum Gasteiger partial charge on any atom is 0.408 e. The minimum Gasteiger partial charge on any atom is -0.508 e. The van der Waals surface area contributed by atoms with Crippen LogP contribution in [-0.2, 0) is 20.7 Å². The van der Waals surface area contributed by atoms with Crippen LogP contribution >= 0.6 is 0 Å². The van der Waals surface area contributed by atoms with Gasteiger partial charge in [-0.2, -0.15) is 0 Å². The number of benzene rings is 2. The third-order valence-electron chi connectivity index (χ3n) is 6.90. The molecule has 2 unspecified atom stereocenters. The molecule has 8 nitrogen and oxygen atoms in total. The van der Waals surface area contributed by atoms with Crippen LogP contribution in [0.25, 0.3) is 0 Å². The number of ether oxygens (including phenoxy) is 1. The van der Waals surface area contributed by atoms with Crippen LogP contribution in [0, 0.1) is 6.92 Å². The summed E-state index contributed by atoms with van der Waals surface area (Å²) in [5.74, 6) is -0.489. The summed E-state index contributed by atoms with van der Waals surface area (Å²) in [5.41, 5.74) is 1.72. The molecule has 2 aromatic carbocycles. The van der Waals surface area contributed by atoms with E-state index in [4.69, 9.17) is 4.74 Å². The Hall–Kier alpha value is -3.55. The molecule has 0 bridgehead atoms. The van der Waals surface area contributed by atoms with E-state index in [1.807, 2.05) is 31.2 Å². The second kappa shape index (κ2) is 17.4. The average Bonchev–Trinajstić information content (AvgIpc) is 2.92. The Morgan fingerprint density at radius 3 is 2.21 bits per heavy atom. The number of nitrogens with one attached hydrogen (secondary N) is 2. The van der Waals surface area contributed by atoms with Crippen molar-refractivity contribution in [3.63, 3.8) is 0 Å². The standard InChI is InChI=1S/C34H51N3O5/c1-7-9-11-12-13-22-37(30(31(39)35-21-10-8-2)27-16-14-15-25(3)23-27)32(40)29(36-33(41)42-34(4,5)6)24-26-17-19-28(38)20-18-26/h14-20,23,29-30,38H,7-13,21-22,24H2,1-6H3,(H,35,39)(H,36,41). The number of phenolic OH excluding ortho intramolecular Hbond substituents is 1. The van der Waals surface area contributed by atoms with E-state index in [0.29, 0.717) is 13.1 Å². The summed E-state index contributed by atoms with van der Waals surface area (Å²) >= 11 is 0. The first-order chi connectivity index (χ1) is 19.9. The quantitative estimate of drug-likeness (QED) is 0.194. The lowest BCUT2D eigenvalue weighted by molar-refractivity contribution is -0.142. The topological polar surface area (TPSA) is 108 Å². The second-order valence-electron chi connectivity index (χ2n) is 12.0. The van der Waals surface area contributed by atoms with Gasteiger partial charge in [0, 0.05) is 19.5 Å². The molecule has 0 saturated heterocycles. The highest BCUT2D eigenvalue weighted by atomic mass is 16.6. The molecule has 0 spiro atoms. The summed E-state index contributed by atoms with van der Waals surface area (Å²) in [6.45, 7) is 12.4. The zero-order chi connectivity index (χ0) is 31.1. The smallest absolute Gasteiger partial charge is 0.408 e. The highest BCUT2D eigenvalue weighted by Gasteiger charge is 2.36. The van der Waals surface area contributed by atoms with Gasteiger partial charge in [0.05, 0.1) is 0 Å². The van der Waals surface area contributed by atoms with Crippen molar-refractivity contribution in [1.29, 1.82) is 0 Å². The number of carbonyl (C=O) groups is 3. The number of phenols is 1. The molecule has 232 valence electrons. The van der Waals surface area contributed by atoms with E-state index in [1.54, 1.807) is 49.9 Å².